The predicted octanol–water partition coefficient (Wildman–Crippen LogP) is 1.46. The van der Waals surface area contributed by atoms with E-state index in [4.69, 9.17) is 0 Å². The third kappa shape index (κ3) is 6.58. The molecule has 2 rings (SSSR count). The van der Waals surface area contributed by atoms with Crippen LogP contribution in [0.5, 0.6) is 0 Å². The topological polar surface area (TPSA) is 57.2 Å². The van der Waals surface area contributed by atoms with Crippen molar-refractivity contribution in [3.63, 3.8) is 0 Å². The second kappa shape index (κ2) is 10.5. The average molecular weight is 344 g/mol. The zero-order valence-corrected chi connectivity index (χ0v) is 15.1. The number of nitrogens with zero attached hydrogens (tertiary/aromatic N) is 3. The van der Waals surface area contributed by atoms with E-state index in [2.05, 4.69) is 61.3 Å². The van der Waals surface area contributed by atoms with Crippen molar-refractivity contribution in [3.8, 4) is 0 Å². The highest BCUT2D eigenvalue weighted by Gasteiger charge is 2.18. The van der Waals surface area contributed by atoms with Crippen LogP contribution in [0.4, 0.5) is 0 Å². The molecule has 6 nitrogen and oxygen atoms in total. The molecule has 1 aliphatic rings. The fourth-order valence-electron chi connectivity index (χ4n) is 2.75. The number of aliphatic imine (C=N–C) groups is 1. The average Bonchev–Trinajstić information content (AvgIpc) is 2.66. The number of esters is 1. The first-order valence-electron chi connectivity index (χ1n) is 8.69. The molecule has 0 aliphatic carbocycles. The first-order chi connectivity index (χ1) is 12.2. The molecule has 0 atom stereocenters. The van der Waals surface area contributed by atoms with Gasteiger partial charge in [0.25, 0.3) is 0 Å². The maximum atomic E-state index is 11.2. The molecule has 1 heterocycles. The van der Waals surface area contributed by atoms with Gasteiger partial charge in [0.05, 0.1) is 13.5 Å². The van der Waals surface area contributed by atoms with Crippen LogP contribution >= 0.6 is 0 Å². The molecular weight excluding hydrogens is 316 g/mol. The molecule has 6 heteroatoms. The zero-order chi connectivity index (χ0) is 17.9. The highest BCUT2D eigenvalue weighted by atomic mass is 16.5. The van der Waals surface area contributed by atoms with E-state index in [1.165, 1.54) is 12.7 Å². The smallest absolute Gasteiger partial charge is 0.307 e. The first-order valence-corrected chi connectivity index (χ1v) is 8.69. The van der Waals surface area contributed by atoms with E-state index < -0.39 is 0 Å². The van der Waals surface area contributed by atoms with Gasteiger partial charge in [-0.2, -0.15) is 0 Å². The number of hydrogen-bond acceptors (Lipinski definition) is 4. The fourth-order valence-corrected chi connectivity index (χ4v) is 2.75. The Kier molecular flexibility index (Phi) is 7.98. The van der Waals surface area contributed by atoms with E-state index in [1.54, 1.807) is 7.05 Å². The lowest BCUT2D eigenvalue weighted by atomic mass is 10.2. The van der Waals surface area contributed by atoms with Crippen molar-refractivity contribution >= 4 is 18.0 Å². The first kappa shape index (κ1) is 19.0. The van der Waals surface area contributed by atoms with Gasteiger partial charge in [-0.05, 0) is 5.56 Å². The standard InChI is InChI=1S/C19H28N4O2/c1-20-19(21-11-10-18(24)25-2)23-15-13-22(14-16-23)12-6-9-17-7-4-3-5-8-17/h3-9H,10-16H2,1-2H3,(H,20,21). The number of ether oxygens (including phenoxy) is 1. The quantitative estimate of drug-likeness (QED) is 0.481. The minimum absolute atomic E-state index is 0.210. The van der Waals surface area contributed by atoms with E-state index in [0.717, 1.165) is 38.7 Å². The summed E-state index contributed by atoms with van der Waals surface area (Å²) in [5.41, 5.74) is 1.23. The molecule has 136 valence electrons. The summed E-state index contributed by atoms with van der Waals surface area (Å²) in [6.45, 7) is 5.35. The number of nitrogens with one attached hydrogen (secondary N) is 1. The monoisotopic (exact) mass is 344 g/mol. The van der Waals surface area contributed by atoms with Crippen molar-refractivity contribution in [2.24, 2.45) is 4.99 Å². The van der Waals surface area contributed by atoms with Gasteiger partial charge in [-0.1, -0.05) is 42.5 Å². The van der Waals surface area contributed by atoms with Crippen LogP contribution in [0.1, 0.15) is 12.0 Å². The SMILES string of the molecule is CN=C(NCCC(=O)OC)N1CCN(CC=Cc2ccccc2)CC1. The normalized spacial score (nSPS) is 16.2. The number of piperazine rings is 1. The molecule has 1 aliphatic heterocycles. The van der Waals surface area contributed by atoms with Crippen molar-refractivity contribution in [1.82, 2.24) is 15.1 Å². The molecule has 1 saturated heterocycles. The Morgan fingerprint density at radius 3 is 2.60 bits per heavy atom. The van der Waals surface area contributed by atoms with Gasteiger partial charge in [0.2, 0.25) is 0 Å². The summed E-state index contributed by atoms with van der Waals surface area (Å²) >= 11 is 0. The van der Waals surface area contributed by atoms with Crippen LogP contribution in [0.2, 0.25) is 0 Å². The second-order valence-electron chi connectivity index (χ2n) is 5.90. The van der Waals surface area contributed by atoms with Crippen molar-refractivity contribution in [2.45, 2.75) is 6.42 Å². The molecule has 0 saturated carbocycles. The van der Waals surface area contributed by atoms with Gasteiger partial charge in [-0.25, -0.2) is 0 Å². The summed E-state index contributed by atoms with van der Waals surface area (Å²) in [4.78, 5) is 20.1. The van der Waals surface area contributed by atoms with Crippen molar-refractivity contribution < 1.29 is 9.53 Å². The minimum atomic E-state index is -0.210. The Hall–Kier alpha value is -2.34. The van der Waals surface area contributed by atoms with Gasteiger partial charge >= 0.3 is 5.97 Å². The van der Waals surface area contributed by atoms with E-state index in [-0.39, 0.29) is 5.97 Å². The molecule has 25 heavy (non-hydrogen) atoms. The molecule has 0 spiro atoms. The van der Waals surface area contributed by atoms with Crippen molar-refractivity contribution in [3.05, 3.63) is 42.0 Å². The fraction of sp³-hybridized carbons (Fsp3) is 0.474. The molecule has 1 fully saturated rings. The zero-order valence-electron chi connectivity index (χ0n) is 15.1. The molecule has 0 amide bonds. The van der Waals surface area contributed by atoms with E-state index >= 15 is 0 Å². The molecule has 0 radical (unpaired) electrons. The second-order valence-corrected chi connectivity index (χ2v) is 5.90. The van der Waals surface area contributed by atoms with Gasteiger partial charge in [-0.3, -0.25) is 14.7 Å². The van der Waals surface area contributed by atoms with Crippen LogP contribution in [0.15, 0.2) is 41.4 Å². The number of guanidine groups is 1. The summed E-state index contributed by atoms with van der Waals surface area (Å²) < 4.78 is 4.65. The maximum Gasteiger partial charge on any atom is 0.307 e. The van der Waals surface area contributed by atoms with Crippen LogP contribution in [-0.4, -0.2) is 75.2 Å². The summed E-state index contributed by atoms with van der Waals surface area (Å²) in [5, 5.41) is 3.23. The van der Waals surface area contributed by atoms with Crippen LogP contribution in [0.25, 0.3) is 6.08 Å². The predicted molar refractivity (Wildman–Crippen MR) is 101 cm³/mol. The third-order valence-corrected chi connectivity index (χ3v) is 4.20. The summed E-state index contributed by atoms with van der Waals surface area (Å²) in [5.74, 6) is 0.640. The van der Waals surface area contributed by atoms with Crippen LogP contribution in [0, 0.1) is 0 Å². The Labute approximate surface area is 150 Å². The largest absolute Gasteiger partial charge is 0.469 e. The van der Waals surface area contributed by atoms with Crippen LogP contribution in [-0.2, 0) is 9.53 Å². The summed E-state index contributed by atoms with van der Waals surface area (Å²) in [6.07, 6.45) is 4.73. The number of methoxy groups -OCH3 is 1. The van der Waals surface area contributed by atoms with E-state index in [1.807, 2.05) is 6.07 Å². The molecule has 0 aromatic heterocycles. The van der Waals surface area contributed by atoms with Gasteiger partial charge in [0.1, 0.15) is 0 Å². The molecule has 1 N–H and O–H groups in total. The number of benzene rings is 1. The van der Waals surface area contributed by atoms with E-state index in [9.17, 15) is 4.79 Å². The Morgan fingerprint density at radius 1 is 1.24 bits per heavy atom. The minimum Gasteiger partial charge on any atom is -0.469 e. The van der Waals surface area contributed by atoms with Crippen LogP contribution < -0.4 is 5.32 Å². The van der Waals surface area contributed by atoms with Crippen molar-refractivity contribution in [1.29, 1.82) is 0 Å². The summed E-state index contributed by atoms with van der Waals surface area (Å²) in [6, 6.07) is 10.4. The summed E-state index contributed by atoms with van der Waals surface area (Å²) in [7, 11) is 3.18. The lowest BCUT2D eigenvalue weighted by molar-refractivity contribution is -0.140. The lowest BCUT2D eigenvalue weighted by Gasteiger charge is -2.36. The molecule has 1 aromatic rings. The third-order valence-electron chi connectivity index (χ3n) is 4.20. The van der Waals surface area contributed by atoms with Crippen molar-refractivity contribution in [2.75, 3.05) is 53.4 Å². The molecule has 1 aromatic carbocycles. The van der Waals surface area contributed by atoms with E-state index in [0.29, 0.717) is 13.0 Å². The number of carbonyl (C=O) groups is 1. The highest BCUT2D eigenvalue weighted by molar-refractivity contribution is 5.80. The van der Waals surface area contributed by atoms with Gasteiger partial charge in [0.15, 0.2) is 5.96 Å². The number of carbonyl (C=O) groups excluding carboxylic acids is 1. The Bertz CT molecular complexity index is 578. The number of rotatable bonds is 6. The van der Waals surface area contributed by atoms with Gasteiger partial charge < -0.3 is 15.0 Å². The highest BCUT2D eigenvalue weighted by Crippen LogP contribution is 2.05. The molecule has 0 bridgehead atoms. The maximum absolute atomic E-state index is 11.2. The Balaban J connectivity index is 1.71. The lowest BCUT2D eigenvalue weighted by Crippen LogP contribution is -2.52. The molecule has 0 unspecified atom stereocenters. The van der Waals surface area contributed by atoms with Gasteiger partial charge in [-0.15, -0.1) is 0 Å². The number of hydrogen-bond donors (Lipinski definition) is 1. The Morgan fingerprint density at radius 2 is 1.96 bits per heavy atom. The van der Waals surface area contributed by atoms with Crippen LogP contribution in [0.3, 0.4) is 0 Å². The molecular formula is C19H28N4O2. The van der Waals surface area contributed by atoms with Gasteiger partial charge in [0, 0.05) is 46.3 Å².